The SMILES string of the molecule is O=C(COC(=O)/C=C/c1ccc(OCc2ccccc2)cc1)Nc1cccc(F)c1. The van der Waals surface area contributed by atoms with E-state index in [-0.39, 0.29) is 0 Å². The van der Waals surface area contributed by atoms with Crippen LogP contribution in [0.15, 0.2) is 84.9 Å². The lowest BCUT2D eigenvalue weighted by molar-refractivity contribution is -0.142. The van der Waals surface area contributed by atoms with Gasteiger partial charge in [0.15, 0.2) is 6.61 Å². The van der Waals surface area contributed by atoms with Gasteiger partial charge in [0, 0.05) is 11.8 Å². The lowest BCUT2D eigenvalue weighted by Crippen LogP contribution is -2.20. The van der Waals surface area contributed by atoms with Crippen LogP contribution in [0.4, 0.5) is 10.1 Å². The van der Waals surface area contributed by atoms with Crippen molar-refractivity contribution < 1.29 is 23.5 Å². The van der Waals surface area contributed by atoms with Crippen LogP contribution in [0.1, 0.15) is 11.1 Å². The van der Waals surface area contributed by atoms with Gasteiger partial charge < -0.3 is 14.8 Å². The van der Waals surface area contributed by atoms with Crippen LogP contribution < -0.4 is 10.1 Å². The molecule has 0 saturated heterocycles. The molecule has 0 unspecified atom stereocenters. The monoisotopic (exact) mass is 405 g/mol. The highest BCUT2D eigenvalue weighted by Gasteiger charge is 2.06. The average molecular weight is 405 g/mol. The van der Waals surface area contributed by atoms with E-state index in [0.29, 0.717) is 18.0 Å². The second-order valence-electron chi connectivity index (χ2n) is 6.34. The minimum atomic E-state index is -0.659. The number of ether oxygens (including phenoxy) is 2. The molecule has 0 aromatic heterocycles. The molecule has 1 amide bonds. The minimum absolute atomic E-state index is 0.293. The fraction of sp³-hybridized carbons (Fsp3) is 0.0833. The van der Waals surface area contributed by atoms with Crippen LogP contribution in [0.25, 0.3) is 6.08 Å². The Bertz CT molecular complexity index is 1020. The molecule has 3 aromatic rings. The second kappa shape index (κ2) is 10.6. The topological polar surface area (TPSA) is 64.6 Å². The number of carbonyl (C=O) groups excluding carboxylic acids is 2. The highest BCUT2D eigenvalue weighted by atomic mass is 19.1. The molecule has 0 spiro atoms. The maximum atomic E-state index is 13.1. The molecule has 0 atom stereocenters. The molecule has 0 fully saturated rings. The van der Waals surface area contributed by atoms with E-state index in [1.54, 1.807) is 30.3 Å². The summed E-state index contributed by atoms with van der Waals surface area (Å²) in [6, 6.07) is 22.5. The van der Waals surface area contributed by atoms with E-state index in [2.05, 4.69) is 5.32 Å². The highest BCUT2D eigenvalue weighted by Crippen LogP contribution is 2.15. The number of halogens is 1. The van der Waals surface area contributed by atoms with E-state index in [1.807, 2.05) is 30.3 Å². The van der Waals surface area contributed by atoms with Crippen molar-refractivity contribution in [3.63, 3.8) is 0 Å². The summed E-state index contributed by atoms with van der Waals surface area (Å²) in [4.78, 5) is 23.5. The van der Waals surface area contributed by atoms with Crippen molar-refractivity contribution in [2.45, 2.75) is 6.61 Å². The summed E-state index contributed by atoms with van der Waals surface area (Å²) in [5, 5.41) is 2.45. The molecule has 30 heavy (non-hydrogen) atoms. The van der Waals surface area contributed by atoms with E-state index >= 15 is 0 Å². The summed E-state index contributed by atoms with van der Waals surface area (Å²) < 4.78 is 23.7. The Morgan fingerprint density at radius 2 is 1.70 bits per heavy atom. The molecule has 3 aromatic carbocycles. The van der Waals surface area contributed by atoms with Crippen LogP contribution in [-0.4, -0.2) is 18.5 Å². The summed E-state index contributed by atoms with van der Waals surface area (Å²) in [6.45, 7) is 0.00594. The molecule has 0 aliphatic heterocycles. The van der Waals surface area contributed by atoms with Gasteiger partial charge in [-0.1, -0.05) is 48.5 Å². The number of hydrogen-bond acceptors (Lipinski definition) is 4. The van der Waals surface area contributed by atoms with Gasteiger partial charge in [0.1, 0.15) is 18.2 Å². The number of nitrogens with one attached hydrogen (secondary N) is 1. The van der Waals surface area contributed by atoms with Crippen molar-refractivity contribution in [1.29, 1.82) is 0 Å². The van der Waals surface area contributed by atoms with E-state index in [4.69, 9.17) is 9.47 Å². The van der Waals surface area contributed by atoms with Crippen molar-refractivity contribution >= 4 is 23.6 Å². The zero-order valence-corrected chi connectivity index (χ0v) is 16.1. The average Bonchev–Trinajstić information content (AvgIpc) is 2.76. The van der Waals surface area contributed by atoms with Gasteiger partial charge >= 0.3 is 5.97 Å². The highest BCUT2D eigenvalue weighted by molar-refractivity contribution is 5.94. The fourth-order valence-electron chi connectivity index (χ4n) is 2.53. The van der Waals surface area contributed by atoms with E-state index in [0.717, 1.165) is 11.1 Å². The molecule has 0 bridgehead atoms. The molecule has 5 nitrogen and oxygen atoms in total. The molecule has 3 rings (SSSR count). The first-order valence-electron chi connectivity index (χ1n) is 9.25. The maximum Gasteiger partial charge on any atom is 0.331 e. The summed E-state index contributed by atoms with van der Waals surface area (Å²) >= 11 is 0. The van der Waals surface area contributed by atoms with Gasteiger partial charge in [-0.05, 0) is 47.5 Å². The first kappa shape index (κ1) is 20.8. The van der Waals surface area contributed by atoms with E-state index < -0.39 is 24.3 Å². The van der Waals surface area contributed by atoms with Crippen LogP contribution in [0, 0.1) is 5.82 Å². The second-order valence-corrected chi connectivity index (χ2v) is 6.34. The maximum absolute atomic E-state index is 13.1. The summed E-state index contributed by atoms with van der Waals surface area (Å²) in [5.41, 5.74) is 2.15. The Hall–Kier alpha value is -3.93. The lowest BCUT2D eigenvalue weighted by atomic mass is 10.2. The minimum Gasteiger partial charge on any atom is -0.489 e. The Labute approximate surface area is 173 Å². The number of benzene rings is 3. The van der Waals surface area contributed by atoms with Crippen molar-refractivity contribution in [1.82, 2.24) is 0 Å². The molecule has 0 radical (unpaired) electrons. The number of rotatable bonds is 8. The molecule has 152 valence electrons. The molecule has 0 aliphatic rings. The third kappa shape index (κ3) is 6.91. The number of hydrogen-bond donors (Lipinski definition) is 1. The van der Waals surface area contributed by atoms with Crippen LogP contribution in [0.5, 0.6) is 5.75 Å². The number of amides is 1. The fourth-order valence-corrected chi connectivity index (χ4v) is 2.53. The van der Waals surface area contributed by atoms with Gasteiger partial charge in [0.25, 0.3) is 5.91 Å². The lowest BCUT2D eigenvalue weighted by Gasteiger charge is -2.06. The standard InChI is InChI=1S/C24H20FNO4/c25-20-7-4-8-21(15-20)26-23(27)17-30-24(28)14-11-18-9-12-22(13-10-18)29-16-19-5-2-1-3-6-19/h1-15H,16-17H2,(H,26,27)/b14-11+. The van der Waals surface area contributed by atoms with Crippen molar-refractivity contribution in [3.05, 3.63) is 102 Å². The summed E-state index contributed by atoms with van der Waals surface area (Å²) in [5.74, 6) is -0.965. The Morgan fingerprint density at radius 1 is 0.933 bits per heavy atom. The van der Waals surface area contributed by atoms with Crippen LogP contribution in [-0.2, 0) is 20.9 Å². The molecule has 0 heterocycles. The number of esters is 1. The quantitative estimate of drug-likeness (QED) is 0.439. The Balaban J connectivity index is 1.42. The predicted octanol–water partition coefficient (Wildman–Crippen LogP) is 4.60. The molecule has 1 N–H and O–H groups in total. The molecule has 6 heteroatoms. The zero-order chi connectivity index (χ0) is 21.2. The molecular weight excluding hydrogens is 385 g/mol. The normalized spacial score (nSPS) is 10.6. The van der Waals surface area contributed by atoms with Crippen molar-refractivity contribution in [2.24, 2.45) is 0 Å². The number of anilines is 1. The molecule has 0 aliphatic carbocycles. The zero-order valence-electron chi connectivity index (χ0n) is 16.1. The third-order valence-corrected chi connectivity index (χ3v) is 3.99. The van der Waals surface area contributed by atoms with Gasteiger partial charge in [-0.15, -0.1) is 0 Å². The van der Waals surface area contributed by atoms with Crippen molar-refractivity contribution in [3.8, 4) is 5.75 Å². The number of carbonyl (C=O) groups is 2. The third-order valence-electron chi connectivity index (χ3n) is 3.99. The van der Waals surface area contributed by atoms with Gasteiger partial charge in [-0.3, -0.25) is 4.79 Å². The van der Waals surface area contributed by atoms with Gasteiger partial charge in [-0.25, -0.2) is 9.18 Å². The van der Waals surface area contributed by atoms with Crippen LogP contribution >= 0.6 is 0 Å². The van der Waals surface area contributed by atoms with Crippen LogP contribution in [0.2, 0.25) is 0 Å². The van der Waals surface area contributed by atoms with Gasteiger partial charge in [-0.2, -0.15) is 0 Å². The Morgan fingerprint density at radius 3 is 2.43 bits per heavy atom. The largest absolute Gasteiger partial charge is 0.489 e. The molecular formula is C24H20FNO4. The molecule has 0 saturated carbocycles. The smallest absolute Gasteiger partial charge is 0.331 e. The summed E-state index contributed by atoms with van der Waals surface area (Å²) in [7, 11) is 0. The predicted molar refractivity (Wildman–Crippen MR) is 112 cm³/mol. The first-order valence-corrected chi connectivity index (χ1v) is 9.25. The summed E-state index contributed by atoms with van der Waals surface area (Å²) in [6.07, 6.45) is 2.81. The van der Waals surface area contributed by atoms with Crippen molar-refractivity contribution in [2.75, 3.05) is 11.9 Å². The van der Waals surface area contributed by atoms with Gasteiger partial charge in [0.2, 0.25) is 0 Å². The first-order chi connectivity index (χ1) is 14.6. The van der Waals surface area contributed by atoms with E-state index in [1.165, 1.54) is 30.3 Å². The Kier molecular flexibility index (Phi) is 7.33. The van der Waals surface area contributed by atoms with Crippen LogP contribution in [0.3, 0.4) is 0 Å². The van der Waals surface area contributed by atoms with Gasteiger partial charge in [0.05, 0.1) is 0 Å². The van der Waals surface area contributed by atoms with E-state index in [9.17, 15) is 14.0 Å².